The van der Waals surface area contributed by atoms with Crippen molar-refractivity contribution in [1.82, 2.24) is 9.97 Å². The number of aliphatic hydroxyl groups excluding tert-OH is 1. The van der Waals surface area contributed by atoms with Gasteiger partial charge in [-0.3, -0.25) is 19.4 Å². The van der Waals surface area contributed by atoms with E-state index in [1.54, 1.807) is 6.92 Å². The first kappa shape index (κ1) is 40.9. The third-order valence-corrected chi connectivity index (χ3v) is 12.7. The quantitative estimate of drug-likeness (QED) is 0.151. The number of ether oxygens (including phenoxy) is 2. The molecule has 2 aliphatic rings. The number of aromatic nitrogens is 2. The van der Waals surface area contributed by atoms with Gasteiger partial charge in [-0.2, -0.15) is 26.3 Å². The monoisotopic (exact) mass is 742 g/mol. The van der Waals surface area contributed by atoms with Crippen LogP contribution in [0.15, 0.2) is 84.6 Å². The van der Waals surface area contributed by atoms with E-state index in [4.69, 9.17) is 13.9 Å². The van der Waals surface area contributed by atoms with Crippen LogP contribution in [0.2, 0.25) is 18.1 Å². The number of rotatable bonds is 10. The summed E-state index contributed by atoms with van der Waals surface area (Å²) >= 11 is 0. The van der Waals surface area contributed by atoms with Crippen LogP contribution < -0.4 is 9.80 Å². The summed E-state index contributed by atoms with van der Waals surface area (Å²) in [6.07, 6.45) is -6.73. The zero-order chi connectivity index (χ0) is 38.7. The van der Waals surface area contributed by atoms with Gasteiger partial charge in [0.25, 0.3) is 11.8 Å². The van der Waals surface area contributed by atoms with Gasteiger partial charge in [-0.1, -0.05) is 46.1 Å². The fraction of sp³-hybridized carbons (Fsp3) is 0.412. The van der Waals surface area contributed by atoms with E-state index in [0.29, 0.717) is 6.07 Å². The molecule has 278 valence electrons. The van der Waals surface area contributed by atoms with Crippen LogP contribution in [-0.4, -0.2) is 60.9 Å². The van der Waals surface area contributed by atoms with E-state index in [0.717, 1.165) is 40.4 Å². The number of nitrogens with zero attached hydrogens (tertiary/aromatic N) is 4. The van der Waals surface area contributed by atoms with Gasteiger partial charge in [0.05, 0.1) is 22.3 Å². The molecule has 1 N–H and O–H groups in total. The van der Waals surface area contributed by atoms with E-state index in [1.165, 1.54) is 19.1 Å². The molecule has 51 heavy (non-hydrogen) atoms. The van der Waals surface area contributed by atoms with Crippen molar-refractivity contribution < 1.29 is 54.9 Å². The molecule has 4 heterocycles. The highest BCUT2D eigenvalue weighted by Gasteiger charge is 2.48. The first-order valence-corrected chi connectivity index (χ1v) is 18.4. The van der Waals surface area contributed by atoms with Crippen LogP contribution in [0.4, 0.5) is 38.0 Å². The lowest BCUT2D eigenvalue weighted by molar-refractivity contribution is -0.138. The van der Waals surface area contributed by atoms with Crippen LogP contribution in [-0.2, 0) is 35.8 Å². The molecule has 4 rings (SSSR count). The molecular formula is C34H40F6N4O6Si. The summed E-state index contributed by atoms with van der Waals surface area (Å²) in [6, 6.07) is 3.20. The lowest BCUT2D eigenvalue weighted by Crippen LogP contribution is -2.50. The molecule has 2 aliphatic heterocycles. The van der Waals surface area contributed by atoms with Crippen molar-refractivity contribution >= 4 is 31.8 Å². The van der Waals surface area contributed by atoms with Crippen LogP contribution in [0.3, 0.4) is 0 Å². The Kier molecular flexibility index (Phi) is 12.4. The maximum Gasteiger partial charge on any atom is 0.416 e. The number of alkyl halides is 6. The molecule has 0 fully saturated rings. The number of anilines is 2. The highest BCUT2D eigenvalue weighted by Crippen LogP contribution is 2.42. The first-order valence-electron chi connectivity index (χ1n) is 15.5. The molecule has 2 unspecified atom stereocenters. The Bertz CT molecular complexity index is 1720. The minimum absolute atomic E-state index is 0.0240. The number of aliphatic hydroxyl groups is 1. The Labute approximate surface area is 292 Å². The smallest absolute Gasteiger partial charge is 0.416 e. The van der Waals surface area contributed by atoms with Gasteiger partial charge in [-0.15, -0.1) is 0 Å². The zero-order valence-electron chi connectivity index (χ0n) is 29.1. The van der Waals surface area contributed by atoms with Gasteiger partial charge in [0, 0.05) is 12.4 Å². The molecule has 0 bridgehead atoms. The van der Waals surface area contributed by atoms with Crippen molar-refractivity contribution in [2.24, 2.45) is 0 Å². The molecular weight excluding hydrogens is 702 g/mol. The molecule has 2 aromatic heterocycles. The number of carbonyl (C=O) groups excluding carboxylic acids is 2. The van der Waals surface area contributed by atoms with E-state index < -0.39 is 56.1 Å². The van der Waals surface area contributed by atoms with E-state index in [-0.39, 0.29) is 52.6 Å². The highest BCUT2D eigenvalue weighted by atomic mass is 28.4. The zero-order valence-corrected chi connectivity index (χ0v) is 30.1. The number of hydrogen-bond acceptors (Lipinski definition) is 8. The summed E-state index contributed by atoms with van der Waals surface area (Å²) in [5.74, 6) is -1.35. The molecule has 10 nitrogen and oxygen atoms in total. The first-order chi connectivity index (χ1) is 23.5. The Morgan fingerprint density at radius 2 is 1.22 bits per heavy atom. The van der Waals surface area contributed by atoms with Crippen molar-refractivity contribution in [3.8, 4) is 0 Å². The Hall–Kier alpha value is -4.48. The molecule has 0 saturated heterocycles. The van der Waals surface area contributed by atoms with Gasteiger partial charge >= 0.3 is 12.4 Å². The minimum Gasteiger partial charge on any atom is -0.489 e. The second-order valence-corrected chi connectivity index (χ2v) is 17.7. The van der Waals surface area contributed by atoms with Crippen LogP contribution >= 0.6 is 0 Å². The van der Waals surface area contributed by atoms with Crippen molar-refractivity contribution in [3.05, 3.63) is 95.8 Å². The standard InChI is InChI=1S/C20H27F3N2O3Si.C14H13F3N2O3/c1-8-11-27-16-13(2)17(26)25(18(16)28-29(6,7)19(3,4)5)15-12-14(9-10-24-15)20(21,22)23;1-3-6-22-11-8(2)12(20)19(13(11)21)10-7-9(4-5-18-10)14(15,16)17/h8-10,12,18H,1,11H2,2-7H3;3-5,7,13,21H,1,6H2,2H3. The summed E-state index contributed by atoms with van der Waals surface area (Å²) in [7, 11) is -2.42. The number of carbonyl (C=O) groups is 2. The average molecular weight is 743 g/mol. The molecule has 0 saturated carbocycles. The summed E-state index contributed by atoms with van der Waals surface area (Å²) in [4.78, 5) is 34.7. The van der Waals surface area contributed by atoms with E-state index in [9.17, 15) is 41.0 Å². The van der Waals surface area contributed by atoms with Gasteiger partial charge < -0.3 is 19.0 Å². The van der Waals surface area contributed by atoms with Crippen LogP contribution in [0.1, 0.15) is 45.7 Å². The largest absolute Gasteiger partial charge is 0.489 e. The van der Waals surface area contributed by atoms with E-state index in [2.05, 4.69) is 23.1 Å². The molecule has 2 atom stereocenters. The predicted octanol–water partition coefficient (Wildman–Crippen LogP) is 7.51. The Balaban J connectivity index is 0.000000286. The van der Waals surface area contributed by atoms with Crippen molar-refractivity contribution in [1.29, 1.82) is 0 Å². The topological polar surface area (TPSA) is 114 Å². The molecule has 0 aliphatic carbocycles. The predicted molar refractivity (Wildman–Crippen MR) is 179 cm³/mol. The fourth-order valence-electron chi connectivity index (χ4n) is 4.53. The highest BCUT2D eigenvalue weighted by molar-refractivity contribution is 6.74. The third kappa shape index (κ3) is 9.06. The fourth-order valence-corrected chi connectivity index (χ4v) is 5.66. The van der Waals surface area contributed by atoms with Gasteiger partial charge in [0.15, 0.2) is 32.3 Å². The second kappa shape index (κ2) is 15.4. The third-order valence-electron chi connectivity index (χ3n) is 8.32. The molecule has 2 amide bonds. The van der Waals surface area contributed by atoms with Gasteiger partial charge in [0.2, 0.25) is 0 Å². The van der Waals surface area contributed by atoms with Gasteiger partial charge in [0.1, 0.15) is 24.8 Å². The second-order valence-electron chi connectivity index (χ2n) is 12.9. The van der Waals surface area contributed by atoms with Crippen molar-refractivity contribution in [3.63, 3.8) is 0 Å². The number of pyridine rings is 2. The number of hydrogen-bond donors (Lipinski definition) is 1. The molecule has 0 spiro atoms. The van der Waals surface area contributed by atoms with Crippen molar-refractivity contribution in [2.45, 2.75) is 77.6 Å². The SMILES string of the molecule is C=CCOC1=C(C)C(=O)N(c2cc(C(F)(F)F)ccn2)C1O.C=CCOC1=C(C)C(=O)N(c2cc(C(F)(F)F)ccn2)C1O[Si](C)(C)C(C)(C)C. The minimum atomic E-state index is -4.57. The van der Waals surface area contributed by atoms with Gasteiger partial charge in [-0.25, -0.2) is 9.97 Å². The Morgan fingerprint density at radius 3 is 1.65 bits per heavy atom. The summed E-state index contributed by atoms with van der Waals surface area (Å²) in [5, 5.41) is 9.94. The maximum absolute atomic E-state index is 13.2. The summed E-state index contributed by atoms with van der Waals surface area (Å²) in [5.41, 5.74) is -1.47. The lowest BCUT2D eigenvalue weighted by atomic mass is 10.2. The van der Waals surface area contributed by atoms with Crippen LogP contribution in [0.25, 0.3) is 0 Å². The van der Waals surface area contributed by atoms with Crippen LogP contribution in [0.5, 0.6) is 0 Å². The number of amides is 2. The van der Waals surface area contributed by atoms with Crippen molar-refractivity contribution in [2.75, 3.05) is 23.0 Å². The lowest BCUT2D eigenvalue weighted by Gasteiger charge is -2.40. The molecule has 17 heteroatoms. The summed E-state index contributed by atoms with van der Waals surface area (Å²) in [6.45, 7) is 20.3. The Morgan fingerprint density at radius 1 is 0.804 bits per heavy atom. The average Bonchev–Trinajstić information content (AvgIpc) is 3.39. The molecule has 0 radical (unpaired) electrons. The maximum atomic E-state index is 13.2. The summed E-state index contributed by atoms with van der Waals surface area (Å²) < 4.78 is 95.1. The normalized spacial score (nSPS) is 18.6. The number of halogens is 6. The molecule has 2 aromatic rings. The van der Waals surface area contributed by atoms with Crippen LogP contribution in [0, 0.1) is 0 Å². The van der Waals surface area contributed by atoms with E-state index in [1.807, 2.05) is 33.9 Å². The molecule has 0 aromatic carbocycles. The van der Waals surface area contributed by atoms with Gasteiger partial charge in [-0.05, 0) is 56.2 Å². The van der Waals surface area contributed by atoms with E-state index >= 15 is 0 Å².